The summed E-state index contributed by atoms with van der Waals surface area (Å²) in [6.45, 7) is 4.14. The number of nitrogens with one attached hydrogen (secondary N) is 1. The zero-order valence-corrected chi connectivity index (χ0v) is 15.1. The molecule has 3 rings (SSSR count). The van der Waals surface area contributed by atoms with Gasteiger partial charge in [0, 0.05) is 9.92 Å². The number of hydrogen-bond acceptors (Lipinski definition) is 4. The van der Waals surface area contributed by atoms with Gasteiger partial charge < -0.3 is 5.32 Å². The molecular weight excluding hydrogens is 348 g/mol. The molecule has 0 aliphatic heterocycles. The average Bonchev–Trinajstić information content (AvgIpc) is 2.88. The third-order valence-electron chi connectivity index (χ3n) is 3.43. The van der Waals surface area contributed by atoms with Crippen LogP contribution in [0.25, 0.3) is 10.2 Å². The van der Waals surface area contributed by atoms with Gasteiger partial charge in [0.15, 0.2) is 5.13 Å². The topological polar surface area (TPSA) is 42.0 Å². The summed E-state index contributed by atoms with van der Waals surface area (Å²) in [6.07, 6.45) is 0. The number of carbonyl (C=O) groups is 1. The van der Waals surface area contributed by atoms with E-state index >= 15 is 0 Å². The Labute approximate surface area is 148 Å². The highest BCUT2D eigenvalue weighted by molar-refractivity contribution is 8.00. The van der Waals surface area contributed by atoms with Crippen molar-refractivity contribution < 1.29 is 4.79 Å². The second-order valence-electron chi connectivity index (χ2n) is 5.21. The second-order valence-corrected chi connectivity index (χ2v) is 7.73. The Kier molecular flexibility index (Phi) is 4.90. The molecule has 2 aromatic carbocycles. The lowest BCUT2D eigenvalue weighted by Crippen LogP contribution is -2.13. The number of thiazole rings is 1. The maximum absolute atomic E-state index is 12.1. The minimum Gasteiger partial charge on any atom is -0.301 e. The zero-order valence-electron chi connectivity index (χ0n) is 12.7. The predicted molar refractivity (Wildman–Crippen MR) is 99.9 cm³/mol. The molecule has 1 aromatic heterocycles. The third kappa shape index (κ3) is 4.05. The quantitative estimate of drug-likeness (QED) is 0.640. The van der Waals surface area contributed by atoms with E-state index in [1.807, 2.05) is 24.3 Å². The Morgan fingerprint density at radius 1 is 1.22 bits per heavy atom. The Morgan fingerprint density at radius 2 is 1.91 bits per heavy atom. The van der Waals surface area contributed by atoms with E-state index in [9.17, 15) is 4.79 Å². The molecule has 0 saturated carbocycles. The first-order chi connectivity index (χ1) is 11.0. The molecule has 0 atom stereocenters. The summed E-state index contributed by atoms with van der Waals surface area (Å²) in [7, 11) is 0. The van der Waals surface area contributed by atoms with Crippen LogP contribution in [0.2, 0.25) is 5.02 Å². The van der Waals surface area contributed by atoms with E-state index in [0.717, 1.165) is 15.1 Å². The van der Waals surface area contributed by atoms with Gasteiger partial charge >= 0.3 is 0 Å². The lowest BCUT2D eigenvalue weighted by Gasteiger charge is -2.02. The van der Waals surface area contributed by atoms with E-state index < -0.39 is 0 Å². The van der Waals surface area contributed by atoms with Crippen LogP contribution in [0.1, 0.15) is 11.1 Å². The molecule has 1 N–H and O–H groups in total. The Morgan fingerprint density at radius 3 is 2.65 bits per heavy atom. The van der Waals surface area contributed by atoms with Crippen LogP contribution >= 0.6 is 34.7 Å². The fourth-order valence-electron chi connectivity index (χ4n) is 2.07. The molecule has 0 aliphatic rings. The van der Waals surface area contributed by atoms with Gasteiger partial charge in [-0.15, -0.1) is 11.8 Å². The van der Waals surface area contributed by atoms with Gasteiger partial charge in [-0.05, 0) is 61.4 Å². The van der Waals surface area contributed by atoms with Gasteiger partial charge in [-0.2, -0.15) is 0 Å². The summed E-state index contributed by atoms with van der Waals surface area (Å²) in [4.78, 5) is 17.6. The molecule has 6 heteroatoms. The van der Waals surface area contributed by atoms with Gasteiger partial charge in [-0.1, -0.05) is 22.9 Å². The summed E-state index contributed by atoms with van der Waals surface area (Å²) < 4.78 is 1.09. The summed E-state index contributed by atoms with van der Waals surface area (Å²) in [6, 6.07) is 11.6. The molecule has 1 heterocycles. The minimum atomic E-state index is -0.0579. The molecule has 118 valence electrons. The number of rotatable bonds is 4. The maximum atomic E-state index is 12.1. The number of fused-ring (bicyclic) bond motifs is 1. The van der Waals surface area contributed by atoms with Crippen LogP contribution in [-0.2, 0) is 4.79 Å². The lowest BCUT2D eigenvalue weighted by molar-refractivity contribution is -0.113. The van der Waals surface area contributed by atoms with Crippen LogP contribution in [-0.4, -0.2) is 16.6 Å². The zero-order chi connectivity index (χ0) is 16.4. The molecule has 0 saturated heterocycles. The van der Waals surface area contributed by atoms with Crippen molar-refractivity contribution in [1.29, 1.82) is 0 Å². The molecule has 0 unspecified atom stereocenters. The Balaban J connectivity index is 1.64. The summed E-state index contributed by atoms with van der Waals surface area (Å²) in [5.41, 5.74) is 3.37. The molecule has 0 aliphatic carbocycles. The van der Waals surface area contributed by atoms with Gasteiger partial charge in [0.2, 0.25) is 5.91 Å². The first-order valence-electron chi connectivity index (χ1n) is 7.07. The fourth-order valence-corrected chi connectivity index (χ4v) is 3.85. The molecule has 3 aromatic rings. The maximum Gasteiger partial charge on any atom is 0.236 e. The number of amides is 1. The summed E-state index contributed by atoms with van der Waals surface area (Å²) >= 11 is 8.82. The SMILES string of the molecule is Cc1cc2nc(NC(=O)CSc3ccc(Cl)cc3)sc2cc1C. The minimum absolute atomic E-state index is 0.0579. The number of aryl methyl sites for hydroxylation is 2. The van der Waals surface area contributed by atoms with Crippen molar-refractivity contribution in [2.45, 2.75) is 18.7 Å². The first-order valence-corrected chi connectivity index (χ1v) is 9.25. The highest BCUT2D eigenvalue weighted by Gasteiger charge is 2.09. The second kappa shape index (κ2) is 6.91. The number of thioether (sulfide) groups is 1. The largest absolute Gasteiger partial charge is 0.301 e. The predicted octanol–water partition coefficient (Wildman–Crippen LogP) is 5.30. The van der Waals surface area contributed by atoms with Crippen molar-refractivity contribution in [3.05, 3.63) is 52.5 Å². The van der Waals surface area contributed by atoms with Crippen LogP contribution < -0.4 is 5.32 Å². The third-order valence-corrected chi connectivity index (χ3v) is 5.63. The van der Waals surface area contributed by atoms with Crippen molar-refractivity contribution >= 4 is 56.0 Å². The number of halogens is 1. The molecule has 1 amide bonds. The van der Waals surface area contributed by atoms with Gasteiger partial charge in [0.25, 0.3) is 0 Å². The molecule has 0 fully saturated rings. The first kappa shape index (κ1) is 16.3. The fraction of sp³-hybridized carbons (Fsp3) is 0.176. The van der Waals surface area contributed by atoms with Gasteiger partial charge in [-0.3, -0.25) is 4.79 Å². The number of anilines is 1. The van der Waals surface area contributed by atoms with Crippen LogP contribution in [0, 0.1) is 13.8 Å². The Hall–Kier alpha value is -1.56. The number of nitrogens with zero attached hydrogens (tertiary/aromatic N) is 1. The summed E-state index contributed by atoms with van der Waals surface area (Å²) in [5.74, 6) is 0.285. The van der Waals surface area contributed by atoms with Crippen LogP contribution in [0.4, 0.5) is 5.13 Å². The van der Waals surface area contributed by atoms with Crippen molar-refractivity contribution in [3.63, 3.8) is 0 Å². The van der Waals surface area contributed by atoms with E-state index in [-0.39, 0.29) is 5.91 Å². The van der Waals surface area contributed by atoms with Crippen LogP contribution in [0.5, 0.6) is 0 Å². The number of carbonyl (C=O) groups excluding carboxylic acids is 1. The molecular formula is C17H15ClN2OS2. The van der Waals surface area contributed by atoms with Gasteiger partial charge in [0.1, 0.15) is 0 Å². The number of benzene rings is 2. The molecule has 3 nitrogen and oxygen atoms in total. The molecule has 0 radical (unpaired) electrons. The molecule has 0 bridgehead atoms. The lowest BCUT2D eigenvalue weighted by atomic mass is 10.1. The molecule has 0 spiro atoms. The average molecular weight is 363 g/mol. The number of aromatic nitrogens is 1. The van der Waals surface area contributed by atoms with Crippen molar-refractivity contribution in [1.82, 2.24) is 4.98 Å². The van der Waals surface area contributed by atoms with Crippen LogP contribution in [0.3, 0.4) is 0 Å². The van der Waals surface area contributed by atoms with Crippen molar-refractivity contribution in [2.75, 3.05) is 11.1 Å². The van der Waals surface area contributed by atoms with Gasteiger partial charge in [-0.25, -0.2) is 4.98 Å². The number of hydrogen-bond donors (Lipinski definition) is 1. The monoisotopic (exact) mass is 362 g/mol. The van der Waals surface area contributed by atoms with Crippen molar-refractivity contribution in [3.8, 4) is 0 Å². The van der Waals surface area contributed by atoms with E-state index in [1.165, 1.54) is 34.2 Å². The van der Waals surface area contributed by atoms with Crippen molar-refractivity contribution in [2.24, 2.45) is 0 Å². The Bertz CT molecular complexity index is 820. The van der Waals surface area contributed by atoms with E-state index in [2.05, 4.69) is 36.3 Å². The highest BCUT2D eigenvalue weighted by Crippen LogP contribution is 2.28. The smallest absolute Gasteiger partial charge is 0.236 e. The molecule has 23 heavy (non-hydrogen) atoms. The standard InChI is InChI=1S/C17H15ClN2OS2/c1-10-7-14-15(8-11(10)2)23-17(19-14)20-16(21)9-22-13-5-3-12(18)4-6-13/h3-8H,9H2,1-2H3,(H,19,20,21). The van der Waals surface area contributed by atoms with Gasteiger partial charge in [0.05, 0.1) is 16.0 Å². The van der Waals surface area contributed by atoms with E-state index in [1.54, 1.807) is 0 Å². The van der Waals surface area contributed by atoms with Crippen LogP contribution in [0.15, 0.2) is 41.3 Å². The van der Waals surface area contributed by atoms with E-state index in [4.69, 9.17) is 11.6 Å². The normalized spacial score (nSPS) is 10.9. The highest BCUT2D eigenvalue weighted by atomic mass is 35.5. The summed E-state index contributed by atoms with van der Waals surface area (Å²) in [5, 5.41) is 4.21. The van der Waals surface area contributed by atoms with E-state index in [0.29, 0.717) is 15.9 Å².